The minimum Gasteiger partial charge on any atom is -0.326 e. The number of anilines is 2. The largest absolute Gasteiger partial charge is 0.326 e. The fourth-order valence-corrected chi connectivity index (χ4v) is 4.36. The number of hydrogen-bond donors (Lipinski definition) is 2. The Morgan fingerprint density at radius 1 is 0.829 bits per heavy atom. The molecule has 0 saturated heterocycles. The molecule has 2 amide bonds. The van der Waals surface area contributed by atoms with Crippen LogP contribution in [0.3, 0.4) is 0 Å². The lowest BCUT2D eigenvalue weighted by atomic mass is 10.1. The Hall–Kier alpha value is -4.04. The van der Waals surface area contributed by atoms with Crippen LogP contribution >= 0.6 is 11.8 Å². The number of aromatic nitrogens is 2. The lowest BCUT2D eigenvalue weighted by molar-refractivity contribution is -0.115. The predicted octanol–water partition coefficient (Wildman–Crippen LogP) is 4.40. The number of rotatable bonds is 8. The maximum atomic E-state index is 12.9. The van der Waals surface area contributed by atoms with Crippen LogP contribution in [0.5, 0.6) is 0 Å². The molecule has 1 heterocycles. The third kappa shape index (κ3) is 5.91. The molecule has 2 N–H and O–H groups in total. The van der Waals surface area contributed by atoms with Gasteiger partial charge in [0.05, 0.1) is 23.6 Å². The van der Waals surface area contributed by atoms with Gasteiger partial charge in [-0.05, 0) is 48.9 Å². The highest BCUT2D eigenvalue weighted by atomic mass is 32.2. The van der Waals surface area contributed by atoms with Crippen LogP contribution in [-0.4, -0.2) is 26.9 Å². The summed E-state index contributed by atoms with van der Waals surface area (Å²) in [7, 11) is 1.79. The Morgan fingerprint density at radius 2 is 1.46 bits per heavy atom. The van der Waals surface area contributed by atoms with Gasteiger partial charge < -0.3 is 10.6 Å². The van der Waals surface area contributed by atoms with Crippen molar-refractivity contribution in [2.45, 2.75) is 18.2 Å². The van der Waals surface area contributed by atoms with Gasteiger partial charge in [-0.25, -0.2) is 4.68 Å². The van der Waals surface area contributed by atoms with Crippen LogP contribution in [-0.2, 0) is 23.1 Å². The second-order valence-electron chi connectivity index (χ2n) is 8.01. The molecule has 0 aliphatic heterocycles. The topological polar surface area (TPSA) is 85.1 Å². The van der Waals surface area contributed by atoms with Crippen molar-refractivity contribution < 1.29 is 9.59 Å². The van der Waals surface area contributed by atoms with Crippen molar-refractivity contribution in [3.05, 3.63) is 107 Å². The average molecular weight is 487 g/mol. The summed E-state index contributed by atoms with van der Waals surface area (Å²) < 4.78 is 3.26. The second-order valence-corrected chi connectivity index (χ2v) is 9.06. The van der Waals surface area contributed by atoms with E-state index in [-0.39, 0.29) is 28.8 Å². The van der Waals surface area contributed by atoms with E-state index in [1.807, 2.05) is 84.9 Å². The van der Waals surface area contributed by atoms with Crippen LogP contribution in [0.4, 0.5) is 11.4 Å². The Balaban J connectivity index is 1.33. The first-order chi connectivity index (χ1) is 16.9. The SMILES string of the molecule is Cc1c(NC(=O)CSc2ccc(NC(=O)Cc3ccccc3)cc2)c(=O)n(-c2ccccc2)n1C. The lowest BCUT2D eigenvalue weighted by Crippen LogP contribution is -2.23. The first-order valence-corrected chi connectivity index (χ1v) is 12.1. The molecule has 0 fully saturated rings. The van der Waals surface area contributed by atoms with Gasteiger partial charge in [0.1, 0.15) is 5.69 Å². The molecule has 0 bridgehead atoms. The normalized spacial score (nSPS) is 10.7. The van der Waals surface area contributed by atoms with Crippen LogP contribution in [0.15, 0.2) is 94.6 Å². The number of hydrogen-bond acceptors (Lipinski definition) is 4. The first-order valence-electron chi connectivity index (χ1n) is 11.1. The molecular weight excluding hydrogens is 460 g/mol. The van der Waals surface area contributed by atoms with E-state index >= 15 is 0 Å². The van der Waals surface area contributed by atoms with Crippen molar-refractivity contribution in [3.8, 4) is 5.69 Å². The monoisotopic (exact) mass is 486 g/mol. The highest BCUT2D eigenvalue weighted by Gasteiger charge is 2.18. The van der Waals surface area contributed by atoms with Crippen LogP contribution in [0.1, 0.15) is 11.3 Å². The van der Waals surface area contributed by atoms with Crippen molar-refractivity contribution in [1.82, 2.24) is 9.36 Å². The molecule has 4 aromatic rings. The van der Waals surface area contributed by atoms with Crippen molar-refractivity contribution >= 4 is 35.0 Å². The number of thioether (sulfide) groups is 1. The zero-order valence-corrected chi connectivity index (χ0v) is 20.3. The molecule has 0 saturated carbocycles. The highest BCUT2D eigenvalue weighted by Crippen LogP contribution is 2.21. The summed E-state index contributed by atoms with van der Waals surface area (Å²) in [5.74, 6) is -0.199. The van der Waals surface area contributed by atoms with Crippen molar-refractivity contribution in [2.24, 2.45) is 7.05 Å². The summed E-state index contributed by atoms with van der Waals surface area (Å²) in [6, 6.07) is 26.2. The molecule has 0 aliphatic rings. The number of carbonyl (C=O) groups excluding carboxylic acids is 2. The minimum absolute atomic E-state index is 0.0876. The van der Waals surface area contributed by atoms with Crippen molar-refractivity contribution in [3.63, 3.8) is 0 Å². The summed E-state index contributed by atoms with van der Waals surface area (Å²) in [4.78, 5) is 38.6. The van der Waals surface area contributed by atoms with Gasteiger partial charge in [-0.2, -0.15) is 0 Å². The van der Waals surface area contributed by atoms with Crippen LogP contribution in [0.2, 0.25) is 0 Å². The molecule has 8 heteroatoms. The Bertz CT molecular complexity index is 1380. The third-order valence-electron chi connectivity index (χ3n) is 5.53. The fourth-order valence-electron chi connectivity index (χ4n) is 3.66. The summed E-state index contributed by atoms with van der Waals surface area (Å²) in [6.07, 6.45) is 0.308. The van der Waals surface area contributed by atoms with Crippen LogP contribution in [0, 0.1) is 6.92 Å². The van der Waals surface area contributed by atoms with E-state index in [1.165, 1.54) is 16.4 Å². The maximum absolute atomic E-state index is 12.9. The van der Waals surface area contributed by atoms with Gasteiger partial charge in [-0.3, -0.25) is 19.1 Å². The van der Waals surface area contributed by atoms with E-state index < -0.39 is 0 Å². The Morgan fingerprint density at radius 3 is 2.11 bits per heavy atom. The highest BCUT2D eigenvalue weighted by molar-refractivity contribution is 8.00. The number of para-hydroxylation sites is 1. The predicted molar refractivity (Wildman–Crippen MR) is 140 cm³/mol. The fraction of sp³-hybridized carbons (Fsp3) is 0.148. The number of nitrogens with zero attached hydrogens (tertiary/aromatic N) is 2. The summed E-state index contributed by atoms with van der Waals surface area (Å²) in [5, 5.41) is 5.65. The summed E-state index contributed by atoms with van der Waals surface area (Å²) in [5.41, 5.74) is 3.05. The Labute approximate surface area is 207 Å². The average Bonchev–Trinajstić information content (AvgIpc) is 3.07. The minimum atomic E-state index is -0.273. The number of carbonyl (C=O) groups is 2. The smallest absolute Gasteiger partial charge is 0.295 e. The maximum Gasteiger partial charge on any atom is 0.295 e. The molecule has 0 radical (unpaired) electrons. The van der Waals surface area contributed by atoms with E-state index in [2.05, 4.69) is 10.6 Å². The zero-order valence-electron chi connectivity index (χ0n) is 19.5. The summed E-state index contributed by atoms with van der Waals surface area (Å²) >= 11 is 1.36. The van der Waals surface area contributed by atoms with E-state index in [0.717, 1.165) is 16.1 Å². The van der Waals surface area contributed by atoms with Crippen molar-refractivity contribution in [1.29, 1.82) is 0 Å². The molecule has 7 nitrogen and oxygen atoms in total. The zero-order chi connectivity index (χ0) is 24.8. The van der Waals surface area contributed by atoms with Gasteiger partial charge in [-0.1, -0.05) is 48.5 Å². The second kappa shape index (κ2) is 10.9. The molecule has 35 heavy (non-hydrogen) atoms. The molecule has 4 rings (SSSR count). The lowest BCUT2D eigenvalue weighted by Gasteiger charge is -2.07. The quantitative estimate of drug-likeness (QED) is 0.362. The number of nitrogens with one attached hydrogen (secondary N) is 2. The van der Waals surface area contributed by atoms with Crippen LogP contribution in [0.25, 0.3) is 5.69 Å². The molecule has 0 unspecified atom stereocenters. The molecule has 3 aromatic carbocycles. The molecule has 0 atom stereocenters. The van der Waals surface area contributed by atoms with E-state index in [9.17, 15) is 14.4 Å². The van der Waals surface area contributed by atoms with Gasteiger partial charge in [0, 0.05) is 17.6 Å². The third-order valence-corrected chi connectivity index (χ3v) is 6.55. The summed E-state index contributed by atoms with van der Waals surface area (Å²) in [6.45, 7) is 1.80. The van der Waals surface area contributed by atoms with Gasteiger partial charge in [-0.15, -0.1) is 11.8 Å². The Kier molecular flexibility index (Phi) is 7.52. The van der Waals surface area contributed by atoms with Crippen LogP contribution < -0.4 is 16.2 Å². The molecule has 0 spiro atoms. The molecule has 178 valence electrons. The van der Waals surface area contributed by atoms with Gasteiger partial charge in [0.2, 0.25) is 11.8 Å². The molecule has 0 aliphatic carbocycles. The molecular formula is C27H26N4O3S. The first kappa shape index (κ1) is 24.1. The van der Waals surface area contributed by atoms with E-state index in [0.29, 0.717) is 17.8 Å². The standard InChI is InChI=1S/C27H26N4O3S/c1-19-26(27(34)31(30(19)2)22-11-7-4-8-12-22)29-25(33)18-35-23-15-13-21(14-16-23)28-24(32)17-20-9-5-3-6-10-20/h3-16H,17-18H2,1-2H3,(H,28,32)(H,29,33). The van der Waals surface area contributed by atoms with Gasteiger partial charge in [0.25, 0.3) is 5.56 Å². The van der Waals surface area contributed by atoms with Gasteiger partial charge >= 0.3 is 0 Å². The molecule has 1 aromatic heterocycles. The number of benzene rings is 3. The van der Waals surface area contributed by atoms with Gasteiger partial charge in [0.15, 0.2) is 0 Å². The van der Waals surface area contributed by atoms with Crippen molar-refractivity contribution in [2.75, 3.05) is 16.4 Å². The van der Waals surface area contributed by atoms with E-state index in [1.54, 1.807) is 18.7 Å². The van der Waals surface area contributed by atoms with E-state index in [4.69, 9.17) is 0 Å². The number of amides is 2.